The van der Waals surface area contributed by atoms with Gasteiger partial charge in [-0.05, 0) is 51.8 Å². The Kier molecular flexibility index (Phi) is 8.07. The Morgan fingerprint density at radius 2 is 1.61 bits per heavy atom. The average Bonchev–Trinajstić information content (AvgIpc) is 3.23. The summed E-state index contributed by atoms with van der Waals surface area (Å²) in [5, 5.41) is 3.66. The maximum Gasteiger partial charge on any atom is 0.408 e. The van der Waals surface area contributed by atoms with E-state index in [9.17, 15) is 14.4 Å². The van der Waals surface area contributed by atoms with Crippen LogP contribution in [0.4, 0.5) is 4.79 Å². The first kappa shape index (κ1) is 26.8. The van der Waals surface area contributed by atoms with Crippen molar-refractivity contribution in [2.24, 2.45) is 0 Å². The van der Waals surface area contributed by atoms with E-state index in [-0.39, 0.29) is 13.0 Å². The van der Waals surface area contributed by atoms with Gasteiger partial charge in [-0.25, -0.2) is 9.59 Å². The van der Waals surface area contributed by atoms with Crippen molar-refractivity contribution in [1.29, 1.82) is 0 Å². The van der Waals surface area contributed by atoms with Gasteiger partial charge in [0.25, 0.3) is 0 Å². The first-order valence-electron chi connectivity index (χ1n) is 11.9. The second kappa shape index (κ2) is 10.8. The molecule has 3 rings (SSSR count). The fourth-order valence-corrected chi connectivity index (χ4v) is 3.72. The van der Waals surface area contributed by atoms with Gasteiger partial charge in [0.15, 0.2) is 0 Å². The number of ether oxygens (including phenoxy) is 2. The van der Waals surface area contributed by atoms with Crippen LogP contribution in [-0.4, -0.2) is 52.1 Å². The molecule has 0 radical (unpaired) electrons. The van der Waals surface area contributed by atoms with E-state index in [1.165, 1.54) is 11.9 Å². The molecule has 192 valence electrons. The van der Waals surface area contributed by atoms with Crippen LogP contribution in [0.2, 0.25) is 0 Å². The number of hydrogen-bond donors (Lipinski definition) is 2. The summed E-state index contributed by atoms with van der Waals surface area (Å²) in [6, 6.07) is 16.1. The number of rotatable bonds is 8. The smallest absolute Gasteiger partial charge is 0.408 e. The minimum Gasteiger partial charge on any atom is -0.459 e. The van der Waals surface area contributed by atoms with Crippen molar-refractivity contribution in [3.63, 3.8) is 0 Å². The van der Waals surface area contributed by atoms with Gasteiger partial charge in [0.2, 0.25) is 5.91 Å². The minimum atomic E-state index is -1.28. The fourth-order valence-electron chi connectivity index (χ4n) is 3.72. The molecular formula is C28H35N3O5. The third-order valence-electron chi connectivity index (χ3n) is 5.97. The number of aromatic amines is 1. The van der Waals surface area contributed by atoms with E-state index in [2.05, 4.69) is 10.3 Å². The number of carbonyl (C=O) groups is 3. The zero-order valence-corrected chi connectivity index (χ0v) is 21.8. The molecule has 0 spiro atoms. The molecule has 0 aliphatic carbocycles. The summed E-state index contributed by atoms with van der Waals surface area (Å²) in [6.45, 7) is 8.59. The van der Waals surface area contributed by atoms with E-state index in [1.807, 2.05) is 60.8 Å². The Labute approximate surface area is 212 Å². The Bertz CT molecular complexity index is 1210. The molecule has 0 fully saturated rings. The number of nitrogens with one attached hydrogen (secondary N) is 2. The van der Waals surface area contributed by atoms with E-state index in [4.69, 9.17) is 9.47 Å². The zero-order chi connectivity index (χ0) is 26.5. The number of aromatic nitrogens is 1. The number of para-hydroxylation sites is 1. The van der Waals surface area contributed by atoms with Gasteiger partial charge >= 0.3 is 12.1 Å². The number of benzene rings is 2. The quantitative estimate of drug-likeness (QED) is 0.447. The lowest BCUT2D eigenvalue weighted by atomic mass is 9.99. The molecule has 8 nitrogen and oxygen atoms in total. The third kappa shape index (κ3) is 6.65. The molecule has 0 bridgehead atoms. The highest BCUT2D eigenvalue weighted by molar-refractivity contribution is 5.92. The summed E-state index contributed by atoms with van der Waals surface area (Å²) in [6.07, 6.45) is 1.32. The van der Waals surface area contributed by atoms with Crippen LogP contribution in [0.25, 0.3) is 10.9 Å². The zero-order valence-electron chi connectivity index (χ0n) is 21.8. The molecule has 0 unspecified atom stereocenters. The Hall–Kier alpha value is -3.81. The van der Waals surface area contributed by atoms with Gasteiger partial charge in [-0.3, -0.25) is 4.79 Å². The molecule has 0 aliphatic heterocycles. The van der Waals surface area contributed by atoms with Gasteiger partial charge in [-0.1, -0.05) is 48.5 Å². The molecule has 1 heterocycles. The summed E-state index contributed by atoms with van der Waals surface area (Å²) in [7, 11) is 1.53. The fraction of sp³-hybridized carbons (Fsp3) is 0.393. The van der Waals surface area contributed by atoms with E-state index >= 15 is 0 Å². The monoisotopic (exact) mass is 493 g/mol. The average molecular weight is 494 g/mol. The number of nitrogens with zero attached hydrogens (tertiary/aromatic N) is 1. The van der Waals surface area contributed by atoms with Crippen molar-refractivity contribution in [2.45, 2.75) is 64.8 Å². The summed E-state index contributed by atoms with van der Waals surface area (Å²) in [5.41, 5.74) is 0.622. The molecule has 3 aromatic rings. The van der Waals surface area contributed by atoms with Crippen molar-refractivity contribution in [3.05, 3.63) is 71.9 Å². The first-order valence-corrected chi connectivity index (χ1v) is 11.9. The van der Waals surface area contributed by atoms with Gasteiger partial charge in [0.1, 0.15) is 23.8 Å². The van der Waals surface area contributed by atoms with Crippen molar-refractivity contribution < 1.29 is 23.9 Å². The van der Waals surface area contributed by atoms with Gasteiger partial charge in [0, 0.05) is 30.6 Å². The summed E-state index contributed by atoms with van der Waals surface area (Å²) >= 11 is 0. The number of alkyl carbamates (subject to hydrolysis) is 1. The van der Waals surface area contributed by atoms with Gasteiger partial charge in [-0.15, -0.1) is 0 Å². The largest absolute Gasteiger partial charge is 0.459 e. The molecule has 2 aromatic carbocycles. The van der Waals surface area contributed by atoms with E-state index in [1.54, 1.807) is 34.6 Å². The number of H-pyrrole nitrogens is 1. The lowest BCUT2D eigenvalue weighted by Gasteiger charge is -2.36. The van der Waals surface area contributed by atoms with Crippen molar-refractivity contribution in [1.82, 2.24) is 15.2 Å². The minimum absolute atomic E-state index is 0.0973. The third-order valence-corrected chi connectivity index (χ3v) is 5.97. The molecule has 1 aromatic heterocycles. The van der Waals surface area contributed by atoms with Crippen molar-refractivity contribution in [2.75, 3.05) is 7.05 Å². The molecule has 0 saturated carbocycles. The van der Waals surface area contributed by atoms with Crippen molar-refractivity contribution in [3.8, 4) is 0 Å². The van der Waals surface area contributed by atoms with Crippen LogP contribution in [0.5, 0.6) is 0 Å². The number of amides is 2. The number of carbonyl (C=O) groups excluding carboxylic acids is 3. The van der Waals surface area contributed by atoms with E-state index in [0.29, 0.717) is 0 Å². The first-order chi connectivity index (χ1) is 16.9. The van der Waals surface area contributed by atoms with Crippen LogP contribution in [0, 0.1) is 0 Å². The Morgan fingerprint density at radius 1 is 0.972 bits per heavy atom. The Balaban J connectivity index is 1.80. The molecule has 0 saturated heterocycles. The predicted molar refractivity (Wildman–Crippen MR) is 138 cm³/mol. The standard InChI is InChI=1S/C28H35N3O5/c1-27(2,3)36-26(34)30-23(16-20-17-29-22-15-11-10-14-21(20)22)24(32)31(6)28(4,5)25(33)35-18-19-12-8-7-9-13-19/h7-15,17,23,29H,16,18H2,1-6H3,(H,30,34)/t23-/m1/s1. The van der Waals surface area contributed by atoms with Crippen LogP contribution in [0.1, 0.15) is 45.7 Å². The van der Waals surface area contributed by atoms with Crippen molar-refractivity contribution >= 4 is 28.9 Å². The van der Waals surface area contributed by atoms with Crippen LogP contribution in [0.15, 0.2) is 60.8 Å². The second-order valence-corrected chi connectivity index (χ2v) is 10.3. The van der Waals surface area contributed by atoms with E-state index in [0.717, 1.165) is 22.0 Å². The van der Waals surface area contributed by atoms with Crippen LogP contribution in [0.3, 0.4) is 0 Å². The molecule has 0 aliphatic rings. The topological polar surface area (TPSA) is 101 Å². The lowest BCUT2D eigenvalue weighted by molar-refractivity contribution is -0.162. The number of esters is 1. The molecular weight excluding hydrogens is 458 g/mol. The molecule has 8 heteroatoms. The molecule has 2 N–H and O–H groups in total. The highest BCUT2D eigenvalue weighted by Gasteiger charge is 2.40. The predicted octanol–water partition coefficient (Wildman–Crippen LogP) is 4.58. The summed E-state index contributed by atoms with van der Waals surface area (Å²) < 4.78 is 10.9. The molecule has 1 atom stereocenters. The summed E-state index contributed by atoms with van der Waals surface area (Å²) in [4.78, 5) is 43.8. The van der Waals surface area contributed by atoms with Crippen LogP contribution in [-0.2, 0) is 32.1 Å². The number of likely N-dealkylation sites (N-methyl/N-ethyl adjacent to an activating group) is 1. The van der Waals surface area contributed by atoms with Gasteiger partial charge in [-0.2, -0.15) is 0 Å². The Morgan fingerprint density at radius 3 is 2.28 bits per heavy atom. The maximum absolute atomic E-state index is 13.7. The van der Waals surface area contributed by atoms with E-state index < -0.39 is 35.2 Å². The number of hydrogen-bond acceptors (Lipinski definition) is 5. The highest BCUT2D eigenvalue weighted by Crippen LogP contribution is 2.22. The van der Waals surface area contributed by atoms with Crippen LogP contribution < -0.4 is 5.32 Å². The SMILES string of the molecule is CN(C(=O)[C@@H](Cc1c[nH]c2ccccc12)NC(=O)OC(C)(C)C)C(C)(C)C(=O)OCc1ccccc1. The number of fused-ring (bicyclic) bond motifs is 1. The van der Waals surface area contributed by atoms with Crippen LogP contribution >= 0.6 is 0 Å². The van der Waals surface area contributed by atoms with Gasteiger partial charge in [0.05, 0.1) is 0 Å². The maximum atomic E-state index is 13.7. The normalized spacial score (nSPS) is 12.6. The summed E-state index contributed by atoms with van der Waals surface area (Å²) in [5.74, 6) is -0.988. The second-order valence-electron chi connectivity index (χ2n) is 10.3. The highest BCUT2D eigenvalue weighted by atomic mass is 16.6. The lowest BCUT2D eigenvalue weighted by Crippen LogP contribution is -2.58. The molecule has 2 amide bonds. The molecule has 36 heavy (non-hydrogen) atoms. The van der Waals surface area contributed by atoms with Gasteiger partial charge < -0.3 is 24.7 Å².